The van der Waals surface area contributed by atoms with Crippen LogP contribution < -0.4 is 4.90 Å². The molecule has 188 valence electrons. The number of benzene rings is 2. The molecule has 0 saturated carbocycles. The van der Waals surface area contributed by atoms with Gasteiger partial charge in [0.15, 0.2) is 0 Å². The normalized spacial score (nSPS) is 25.2. The van der Waals surface area contributed by atoms with E-state index in [4.69, 9.17) is 0 Å². The van der Waals surface area contributed by atoms with Gasteiger partial charge >= 0.3 is 0 Å². The van der Waals surface area contributed by atoms with E-state index in [0.29, 0.717) is 28.8 Å². The molecular weight excluding hydrogens is 452 g/mol. The van der Waals surface area contributed by atoms with Crippen molar-refractivity contribution < 1.29 is 14.4 Å². The number of hydrogen-bond donors (Lipinski definition) is 0. The number of fused-ring (bicyclic) bond motifs is 6. The number of para-hydroxylation sites is 1. The Balaban J connectivity index is 1.19. The van der Waals surface area contributed by atoms with Crippen molar-refractivity contribution >= 4 is 23.4 Å². The van der Waals surface area contributed by atoms with Crippen molar-refractivity contribution in [1.29, 1.82) is 0 Å². The summed E-state index contributed by atoms with van der Waals surface area (Å²) in [6.07, 6.45) is 5.92. The number of anilines is 1. The Labute approximate surface area is 212 Å². The summed E-state index contributed by atoms with van der Waals surface area (Å²) >= 11 is 0. The van der Waals surface area contributed by atoms with Gasteiger partial charge in [-0.25, -0.2) is 0 Å². The Morgan fingerprint density at radius 1 is 0.917 bits per heavy atom. The van der Waals surface area contributed by atoms with E-state index in [9.17, 15) is 14.4 Å². The lowest BCUT2D eigenvalue weighted by Crippen LogP contribution is -2.51. The zero-order valence-electron chi connectivity index (χ0n) is 20.9. The monoisotopic (exact) mass is 486 g/mol. The zero-order chi connectivity index (χ0) is 24.8. The van der Waals surface area contributed by atoms with Gasteiger partial charge in [0.05, 0.1) is 11.3 Å². The van der Waals surface area contributed by atoms with Crippen LogP contribution in [0.3, 0.4) is 0 Å². The second-order valence-corrected chi connectivity index (χ2v) is 10.7. The molecule has 0 spiro atoms. The maximum absolute atomic E-state index is 13.6. The summed E-state index contributed by atoms with van der Waals surface area (Å²) in [6.45, 7) is 3.43. The van der Waals surface area contributed by atoms with Crippen LogP contribution >= 0.6 is 0 Å². The molecular formula is C29H34N4O3. The third kappa shape index (κ3) is 3.81. The van der Waals surface area contributed by atoms with Crippen molar-refractivity contribution in [2.75, 3.05) is 38.1 Å². The molecule has 0 N–H and O–H groups in total. The number of carbonyl (C=O) groups excluding carboxylic acids is 3. The number of rotatable bonds is 5. The average molecular weight is 487 g/mol. The average Bonchev–Trinajstić information content (AvgIpc) is 3.21. The van der Waals surface area contributed by atoms with Gasteiger partial charge in [-0.15, -0.1) is 0 Å². The third-order valence-corrected chi connectivity index (χ3v) is 8.61. The van der Waals surface area contributed by atoms with Crippen molar-refractivity contribution in [1.82, 2.24) is 14.7 Å². The highest BCUT2D eigenvalue weighted by Crippen LogP contribution is 2.45. The Morgan fingerprint density at radius 2 is 1.67 bits per heavy atom. The van der Waals surface area contributed by atoms with Crippen LogP contribution in [0.5, 0.6) is 0 Å². The molecule has 0 bridgehead atoms. The summed E-state index contributed by atoms with van der Waals surface area (Å²) in [6, 6.07) is 15.4. The van der Waals surface area contributed by atoms with Crippen molar-refractivity contribution in [3.05, 3.63) is 65.2 Å². The van der Waals surface area contributed by atoms with E-state index in [-0.39, 0.29) is 30.7 Å². The number of carbonyl (C=O) groups is 3. The number of amides is 3. The summed E-state index contributed by atoms with van der Waals surface area (Å²) in [7, 11) is 1.90. The van der Waals surface area contributed by atoms with Gasteiger partial charge in [0.2, 0.25) is 5.91 Å². The molecule has 0 aliphatic carbocycles. The SMILES string of the molecule is CN(C[C@@H]1CCCN2CCCC[C@H]12)C(=O)CCN1C(=O)c2ccccc2N2C(=O)c3ccccc3C12. The highest BCUT2D eigenvalue weighted by molar-refractivity contribution is 6.16. The minimum Gasteiger partial charge on any atom is -0.345 e. The van der Waals surface area contributed by atoms with E-state index >= 15 is 0 Å². The Hall–Kier alpha value is -3.19. The predicted octanol–water partition coefficient (Wildman–Crippen LogP) is 3.91. The molecule has 2 fully saturated rings. The Kier molecular flexibility index (Phi) is 6.04. The second kappa shape index (κ2) is 9.36. The van der Waals surface area contributed by atoms with Crippen LogP contribution in [0.1, 0.15) is 71.0 Å². The summed E-state index contributed by atoms with van der Waals surface area (Å²) < 4.78 is 0. The predicted molar refractivity (Wildman–Crippen MR) is 138 cm³/mol. The van der Waals surface area contributed by atoms with Gasteiger partial charge in [-0.2, -0.15) is 0 Å². The lowest BCUT2D eigenvalue weighted by molar-refractivity contribution is -0.131. The quantitative estimate of drug-likeness (QED) is 0.643. The van der Waals surface area contributed by atoms with Crippen LogP contribution in [0.15, 0.2) is 48.5 Å². The van der Waals surface area contributed by atoms with E-state index in [1.165, 1.54) is 45.2 Å². The fourth-order valence-corrected chi connectivity index (χ4v) is 6.85. The molecule has 3 amide bonds. The number of hydrogen-bond acceptors (Lipinski definition) is 4. The first kappa shape index (κ1) is 23.2. The molecule has 3 atom stereocenters. The van der Waals surface area contributed by atoms with Crippen molar-refractivity contribution in [2.45, 2.75) is 50.7 Å². The lowest BCUT2D eigenvalue weighted by Gasteiger charge is -2.45. The molecule has 2 aromatic carbocycles. The first-order valence-corrected chi connectivity index (χ1v) is 13.3. The topological polar surface area (TPSA) is 64.2 Å². The van der Waals surface area contributed by atoms with Gasteiger partial charge in [0.25, 0.3) is 11.8 Å². The molecule has 4 aliphatic rings. The first-order chi connectivity index (χ1) is 17.5. The second-order valence-electron chi connectivity index (χ2n) is 10.7. The summed E-state index contributed by atoms with van der Waals surface area (Å²) in [5, 5.41) is 0. The molecule has 7 heteroatoms. The fraction of sp³-hybridized carbons (Fsp3) is 0.483. The highest BCUT2D eigenvalue weighted by Gasteiger charge is 2.47. The number of piperidine rings is 2. The number of nitrogens with zero attached hydrogens (tertiary/aromatic N) is 4. The van der Waals surface area contributed by atoms with E-state index < -0.39 is 6.17 Å². The molecule has 0 radical (unpaired) electrons. The summed E-state index contributed by atoms with van der Waals surface area (Å²) in [5.74, 6) is 0.348. The Morgan fingerprint density at radius 3 is 2.53 bits per heavy atom. The maximum Gasteiger partial charge on any atom is 0.260 e. The molecule has 4 aliphatic heterocycles. The van der Waals surface area contributed by atoms with Crippen LogP contribution in [-0.4, -0.2) is 71.7 Å². The smallest absolute Gasteiger partial charge is 0.260 e. The van der Waals surface area contributed by atoms with Crippen molar-refractivity contribution in [3.8, 4) is 0 Å². The molecule has 6 rings (SSSR count). The van der Waals surface area contributed by atoms with Crippen LogP contribution in [-0.2, 0) is 4.79 Å². The van der Waals surface area contributed by atoms with Crippen LogP contribution in [0.25, 0.3) is 0 Å². The van der Waals surface area contributed by atoms with Gasteiger partial charge in [0.1, 0.15) is 6.17 Å². The molecule has 36 heavy (non-hydrogen) atoms. The molecule has 0 aromatic heterocycles. The van der Waals surface area contributed by atoms with E-state index in [1.54, 1.807) is 15.9 Å². The zero-order valence-corrected chi connectivity index (χ0v) is 20.9. The van der Waals surface area contributed by atoms with Crippen molar-refractivity contribution in [2.24, 2.45) is 5.92 Å². The summed E-state index contributed by atoms with van der Waals surface area (Å²) in [5.41, 5.74) is 2.60. The third-order valence-electron chi connectivity index (χ3n) is 8.61. The van der Waals surface area contributed by atoms with E-state index in [0.717, 1.165) is 12.1 Å². The Bertz CT molecular complexity index is 1190. The maximum atomic E-state index is 13.6. The molecule has 2 saturated heterocycles. The lowest BCUT2D eigenvalue weighted by atomic mass is 9.83. The van der Waals surface area contributed by atoms with Gasteiger partial charge in [-0.3, -0.25) is 19.3 Å². The van der Waals surface area contributed by atoms with E-state index in [2.05, 4.69) is 4.90 Å². The molecule has 4 heterocycles. The van der Waals surface area contributed by atoms with E-state index in [1.807, 2.05) is 54.4 Å². The van der Waals surface area contributed by atoms with Gasteiger partial charge in [0, 0.05) is 43.7 Å². The largest absolute Gasteiger partial charge is 0.345 e. The molecule has 2 aromatic rings. The van der Waals surface area contributed by atoms with Gasteiger partial charge in [-0.1, -0.05) is 36.8 Å². The van der Waals surface area contributed by atoms with Crippen LogP contribution in [0.4, 0.5) is 5.69 Å². The van der Waals surface area contributed by atoms with Gasteiger partial charge in [-0.05, 0) is 62.9 Å². The fourth-order valence-electron chi connectivity index (χ4n) is 6.85. The minimum absolute atomic E-state index is 0.0544. The van der Waals surface area contributed by atoms with Crippen LogP contribution in [0.2, 0.25) is 0 Å². The minimum atomic E-state index is -0.511. The highest BCUT2D eigenvalue weighted by atomic mass is 16.2. The first-order valence-electron chi connectivity index (χ1n) is 13.3. The standard InChI is InChI=1S/C29H34N4O3/c1-30(19-20-9-8-17-31-16-7-6-13-24(20)31)26(34)15-18-32-27-21-10-2-3-11-22(21)29(36)33(27)25-14-5-4-12-23(25)28(32)35/h2-5,10-12,14,20,24,27H,6-9,13,15-19H2,1H3/t20-,24+,27?/m0/s1. The van der Waals surface area contributed by atoms with Crippen LogP contribution in [0, 0.1) is 5.92 Å². The van der Waals surface area contributed by atoms with Gasteiger partial charge < -0.3 is 14.7 Å². The molecule has 1 unspecified atom stereocenters. The van der Waals surface area contributed by atoms with Crippen molar-refractivity contribution in [3.63, 3.8) is 0 Å². The molecule has 7 nitrogen and oxygen atoms in total. The summed E-state index contributed by atoms with van der Waals surface area (Å²) in [4.78, 5) is 48.1.